The van der Waals surface area contributed by atoms with Crippen molar-refractivity contribution >= 4 is 17.5 Å². The van der Waals surface area contributed by atoms with Gasteiger partial charge in [0.2, 0.25) is 5.82 Å². The number of carboxylic acid groups (broad SMARTS) is 1. The van der Waals surface area contributed by atoms with E-state index in [0.717, 1.165) is 6.42 Å². The first-order valence-corrected chi connectivity index (χ1v) is 6.99. The fourth-order valence-electron chi connectivity index (χ4n) is 2.88. The third-order valence-electron chi connectivity index (χ3n) is 3.80. The van der Waals surface area contributed by atoms with Gasteiger partial charge in [-0.15, -0.1) is 0 Å². The fraction of sp³-hybridized carbons (Fsp3) is 0.692. The van der Waals surface area contributed by atoms with Crippen LogP contribution in [0, 0.1) is 16.0 Å². The molecule has 0 aliphatic carbocycles. The molecule has 1 atom stereocenters. The molecule has 8 heteroatoms. The summed E-state index contributed by atoms with van der Waals surface area (Å²) in [5, 5.41) is 24.5. The Labute approximate surface area is 122 Å². The number of rotatable bonds is 5. The Morgan fingerprint density at radius 1 is 1.57 bits per heavy atom. The van der Waals surface area contributed by atoms with Crippen molar-refractivity contribution in [2.24, 2.45) is 13.0 Å². The molecule has 1 fully saturated rings. The molecule has 116 valence electrons. The van der Waals surface area contributed by atoms with Crippen molar-refractivity contribution in [3.05, 3.63) is 15.8 Å². The van der Waals surface area contributed by atoms with Crippen molar-refractivity contribution in [2.45, 2.75) is 32.6 Å². The van der Waals surface area contributed by atoms with Gasteiger partial charge in [-0.3, -0.25) is 14.9 Å². The van der Waals surface area contributed by atoms with E-state index in [1.807, 2.05) is 18.7 Å². The summed E-state index contributed by atoms with van der Waals surface area (Å²) in [6, 6.07) is 0. The van der Waals surface area contributed by atoms with Crippen molar-refractivity contribution in [3.8, 4) is 0 Å². The Balaban J connectivity index is 2.32. The molecule has 21 heavy (non-hydrogen) atoms. The molecule has 0 spiro atoms. The number of aryl methyl sites for hydroxylation is 1. The minimum Gasteiger partial charge on any atom is -0.481 e. The van der Waals surface area contributed by atoms with Gasteiger partial charge in [0, 0.05) is 32.5 Å². The fourth-order valence-corrected chi connectivity index (χ4v) is 2.88. The maximum absolute atomic E-state index is 11.4. The number of aliphatic carboxylic acids is 1. The van der Waals surface area contributed by atoms with Crippen molar-refractivity contribution in [1.82, 2.24) is 9.78 Å². The lowest BCUT2D eigenvalue weighted by molar-refractivity contribution is -0.385. The molecule has 1 aromatic rings. The second kappa shape index (κ2) is 5.71. The summed E-state index contributed by atoms with van der Waals surface area (Å²) in [5.41, 5.74) is 0.516. The zero-order valence-electron chi connectivity index (χ0n) is 12.4. The molecule has 0 amide bonds. The number of carbonyl (C=O) groups is 1. The molecule has 2 rings (SSSR count). The van der Waals surface area contributed by atoms with Gasteiger partial charge in [0.05, 0.1) is 4.92 Å². The molecule has 1 aliphatic rings. The largest absolute Gasteiger partial charge is 0.481 e. The number of nitrogens with zero attached hydrogens (tertiary/aromatic N) is 4. The standard InChI is InChI=1S/C13H20N4O4/c1-8(2)11-12(17(20)21)13(15(3)14-11)16-5-4-9(7-16)6-10(18)19/h8-9H,4-7H2,1-3H3,(H,18,19). The van der Waals surface area contributed by atoms with E-state index in [1.54, 1.807) is 7.05 Å². The van der Waals surface area contributed by atoms with Gasteiger partial charge < -0.3 is 10.0 Å². The van der Waals surface area contributed by atoms with Gasteiger partial charge in [-0.05, 0) is 12.3 Å². The van der Waals surface area contributed by atoms with Gasteiger partial charge in [0.25, 0.3) is 0 Å². The molecular weight excluding hydrogens is 276 g/mol. The smallest absolute Gasteiger partial charge is 0.334 e. The maximum atomic E-state index is 11.4. The van der Waals surface area contributed by atoms with Crippen LogP contribution in [0.3, 0.4) is 0 Å². The number of hydrogen-bond donors (Lipinski definition) is 1. The zero-order valence-corrected chi connectivity index (χ0v) is 12.4. The number of hydrogen-bond acceptors (Lipinski definition) is 5. The van der Waals surface area contributed by atoms with Gasteiger partial charge >= 0.3 is 11.7 Å². The van der Waals surface area contributed by atoms with Crippen LogP contribution < -0.4 is 4.90 Å². The summed E-state index contributed by atoms with van der Waals surface area (Å²) >= 11 is 0. The van der Waals surface area contributed by atoms with Crippen molar-refractivity contribution < 1.29 is 14.8 Å². The molecule has 0 aromatic carbocycles. The van der Waals surface area contributed by atoms with Crippen LogP contribution in [0.4, 0.5) is 11.5 Å². The normalized spacial score (nSPS) is 18.5. The Morgan fingerprint density at radius 2 is 2.24 bits per heavy atom. The number of anilines is 1. The van der Waals surface area contributed by atoms with Crippen LogP contribution in [0.15, 0.2) is 0 Å². The molecular formula is C13H20N4O4. The first kappa shape index (κ1) is 15.3. The van der Waals surface area contributed by atoms with Gasteiger partial charge in [-0.25, -0.2) is 4.68 Å². The minimum absolute atomic E-state index is 0.0273. The van der Waals surface area contributed by atoms with Crippen LogP contribution in [0.5, 0.6) is 0 Å². The summed E-state index contributed by atoms with van der Waals surface area (Å²) in [5.74, 6) is -0.358. The van der Waals surface area contributed by atoms with Crippen molar-refractivity contribution in [2.75, 3.05) is 18.0 Å². The summed E-state index contributed by atoms with van der Waals surface area (Å²) < 4.78 is 1.54. The Hall–Kier alpha value is -2.12. The first-order valence-electron chi connectivity index (χ1n) is 6.99. The summed E-state index contributed by atoms with van der Waals surface area (Å²) in [7, 11) is 1.69. The van der Waals surface area contributed by atoms with Gasteiger partial charge in [-0.2, -0.15) is 5.10 Å². The van der Waals surface area contributed by atoms with Crippen LogP contribution in [0.25, 0.3) is 0 Å². The highest BCUT2D eigenvalue weighted by Crippen LogP contribution is 2.37. The van der Waals surface area contributed by atoms with Gasteiger partial charge in [-0.1, -0.05) is 13.8 Å². The van der Waals surface area contributed by atoms with E-state index in [4.69, 9.17) is 5.11 Å². The number of carboxylic acids is 1. The maximum Gasteiger partial charge on any atom is 0.334 e. The highest BCUT2D eigenvalue weighted by atomic mass is 16.6. The average Bonchev–Trinajstić information content (AvgIpc) is 2.92. The highest BCUT2D eigenvalue weighted by Gasteiger charge is 2.35. The minimum atomic E-state index is -0.829. The molecule has 0 saturated carbocycles. The van der Waals surface area contributed by atoms with Crippen LogP contribution in [0.1, 0.15) is 38.3 Å². The molecule has 1 N–H and O–H groups in total. The molecule has 0 radical (unpaired) electrons. The molecule has 8 nitrogen and oxygen atoms in total. The van der Waals surface area contributed by atoms with Crippen LogP contribution in [-0.4, -0.2) is 38.9 Å². The van der Waals surface area contributed by atoms with E-state index in [-0.39, 0.29) is 28.9 Å². The monoisotopic (exact) mass is 296 g/mol. The Kier molecular flexibility index (Phi) is 4.15. The number of aromatic nitrogens is 2. The van der Waals surface area contributed by atoms with Crippen LogP contribution in [-0.2, 0) is 11.8 Å². The van der Waals surface area contributed by atoms with E-state index < -0.39 is 5.97 Å². The van der Waals surface area contributed by atoms with E-state index in [1.165, 1.54) is 4.68 Å². The highest BCUT2D eigenvalue weighted by molar-refractivity contribution is 5.68. The third-order valence-corrected chi connectivity index (χ3v) is 3.80. The lowest BCUT2D eigenvalue weighted by Gasteiger charge is -2.17. The molecule has 1 saturated heterocycles. The van der Waals surface area contributed by atoms with E-state index >= 15 is 0 Å². The predicted octanol–water partition coefficient (Wildman–Crippen LogP) is 1.75. The van der Waals surface area contributed by atoms with Crippen molar-refractivity contribution in [3.63, 3.8) is 0 Å². The molecule has 1 aliphatic heterocycles. The van der Waals surface area contributed by atoms with Gasteiger partial charge in [0.15, 0.2) is 0 Å². The lowest BCUT2D eigenvalue weighted by Crippen LogP contribution is -2.23. The Morgan fingerprint density at radius 3 is 2.76 bits per heavy atom. The lowest BCUT2D eigenvalue weighted by atomic mass is 10.1. The zero-order chi connectivity index (χ0) is 15.7. The summed E-state index contributed by atoms with van der Waals surface area (Å²) in [6.07, 6.45) is 0.824. The summed E-state index contributed by atoms with van der Waals surface area (Å²) in [6.45, 7) is 4.88. The van der Waals surface area contributed by atoms with E-state index in [9.17, 15) is 14.9 Å². The first-order chi connectivity index (χ1) is 9.81. The summed E-state index contributed by atoms with van der Waals surface area (Å²) in [4.78, 5) is 23.7. The quantitative estimate of drug-likeness (QED) is 0.656. The van der Waals surface area contributed by atoms with E-state index in [2.05, 4.69) is 5.10 Å². The average molecular weight is 296 g/mol. The Bertz CT molecular complexity index is 567. The molecule has 2 heterocycles. The molecule has 0 bridgehead atoms. The number of nitro groups is 1. The second-order valence-electron chi connectivity index (χ2n) is 5.79. The third kappa shape index (κ3) is 2.98. The van der Waals surface area contributed by atoms with Crippen molar-refractivity contribution in [1.29, 1.82) is 0 Å². The molecule has 1 unspecified atom stereocenters. The topological polar surface area (TPSA) is 102 Å². The van der Waals surface area contributed by atoms with Crippen LogP contribution >= 0.6 is 0 Å². The second-order valence-corrected chi connectivity index (χ2v) is 5.79. The van der Waals surface area contributed by atoms with E-state index in [0.29, 0.717) is 24.6 Å². The predicted molar refractivity (Wildman–Crippen MR) is 76.5 cm³/mol. The van der Waals surface area contributed by atoms with Crippen LogP contribution in [0.2, 0.25) is 0 Å². The van der Waals surface area contributed by atoms with Gasteiger partial charge in [0.1, 0.15) is 5.69 Å². The molecule has 1 aromatic heterocycles. The SMILES string of the molecule is CC(C)c1nn(C)c(N2CCC(CC(=O)O)C2)c1[N+](=O)[O-].